The fourth-order valence-corrected chi connectivity index (χ4v) is 1.57. The van der Waals surface area contributed by atoms with Crippen LogP contribution in [0.2, 0.25) is 0 Å². The summed E-state index contributed by atoms with van der Waals surface area (Å²) in [6.45, 7) is 2.13. The Morgan fingerprint density at radius 3 is 2.55 bits per heavy atom. The largest absolute Gasteiger partial charge is 0.502 e. The van der Waals surface area contributed by atoms with Crippen molar-refractivity contribution < 1.29 is 4.74 Å². The topological polar surface area (TPSA) is 21.3 Å². The van der Waals surface area contributed by atoms with Crippen molar-refractivity contribution in [3.8, 4) is 0 Å². The molecule has 0 spiro atoms. The molecule has 0 aromatic carbocycles. The summed E-state index contributed by atoms with van der Waals surface area (Å²) in [5.41, 5.74) is 0. The van der Waals surface area contributed by atoms with Crippen LogP contribution in [0, 0.1) is 0 Å². The van der Waals surface area contributed by atoms with Gasteiger partial charge in [-0.25, -0.2) is 0 Å². The molecule has 2 nitrogen and oxygen atoms in total. The quantitative estimate of drug-likeness (QED) is 0.566. The van der Waals surface area contributed by atoms with Crippen molar-refractivity contribution in [3.05, 3.63) is 12.3 Å². The molecule has 0 amide bonds. The van der Waals surface area contributed by atoms with Gasteiger partial charge in [-0.15, -0.1) is 0 Å². The third-order valence-electron chi connectivity index (χ3n) is 1.45. The molecule has 1 saturated heterocycles. The summed E-state index contributed by atoms with van der Waals surface area (Å²) in [7, 11) is 0. The highest BCUT2D eigenvalue weighted by molar-refractivity contribution is 7.97. The van der Waals surface area contributed by atoms with E-state index >= 15 is 0 Å². The SMILES string of the molecule is C1=COCCC1.C1CNSC1. The van der Waals surface area contributed by atoms with Crippen molar-refractivity contribution >= 4 is 11.9 Å². The highest BCUT2D eigenvalue weighted by atomic mass is 32.2. The molecule has 11 heavy (non-hydrogen) atoms. The lowest BCUT2D eigenvalue weighted by atomic mass is 10.3. The molecular weight excluding hydrogens is 158 g/mol. The number of ether oxygens (including phenoxy) is 1. The minimum Gasteiger partial charge on any atom is -0.502 e. The summed E-state index contributed by atoms with van der Waals surface area (Å²) >= 11 is 1.82. The Bertz CT molecular complexity index is 97.1. The minimum atomic E-state index is 0.913. The zero-order valence-electron chi connectivity index (χ0n) is 6.71. The first-order valence-corrected chi connectivity index (χ1v) is 5.10. The number of rotatable bonds is 0. The normalized spacial score (nSPS) is 21.8. The lowest BCUT2D eigenvalue weighted by molar-refractivity contribution is 0.231. The van der Waals surface area contributed by atoms with Crippen molar-refractivity contribution in [2.45, 2.75) is 19.3 Å². The molecule has 2 heterocycles. The first-order valence-electron chi connectivity index (χ1n) is 4.11. The molecule has 3 heteroatoms. The molecule has 2 aliphatic heterocycles. The number of hydrogen-bond acceptors (Lipinski definition) is 3. The summed E-state index contributed by atoms with van der Waals surface area (Å²) in [5, 5.41) is 0. The van der Waals surface area contributed by atoms with E-state index in [1.54, 1.807) is 6.26 Å². The standard InChI is InChI=1S/C5H8O.C3H7NS/c1-2-4-6-5-3-1;1-2-4-5-3-1/h2,4H,1,3,5H2;4H,1-3H2. The van der Waals surface area contributed by atoms with Gasteiger partial charge in [-0.3, -0.25) is 4.72 Å². The van der Waals surface area contributed by atoms with Crippen molar-refractivity contribution in [1.82, 2.24) is 4.72 Å². The highest BCUT2D eigenvalue weighted by Gasteiger charge is 1.94. The van der Waals surface area contributed by atoms with Crippen LogP contribution in [-0.2, 0) is 4.74 Å². The lowest BCUT2D eigenvalue weighted by Crippen LogP contribution is -1.91. The van der Waals surface area contributed by atoms with Crippen molar-refractivity contribution in [2.75, 3.05) is 18.9 Å². The van der Waals surface area contributed by atoms with Gasteiger partial charge in [0.2, 0.25) is 0 Å². The van der Waals surface area contributed by atoms with E-state index in [1.165, 1.54) is 31.6 Å². The van der Waals surface area contributed by atoms with Gasteiger partial charge >= 0.3 is 0 Å². The van der Waals surface area contributed by atoms with E-state index in [0.29, 0.717) is 0 Å². The van der Waals surface area contributed by atoms with Crippen LogP contribution in [0.5, 0.6) is 0 Å². The lowest BCUT2D eigenvalue weighted by Gasteiger charge is -2.01. The molecule has 0 aromatic rings. The van der Waals surface area contributed by atoms with Gasteiger partial charge < -0.3 is 4.74 Å². The minimum absolute atomic E-state index is 0.913. The van der Waals surface area contributed by atoms with Gasteiger partial charge in [-0.05, 0) is 25.3 Å². The second kappa shape index (κ2) is 6.55. The zero-order chi connectivity index (χ0) is 7.78. The van der Waals surface area contributed by atoms with E-state index in [2.05, 4.69) is 4.72 Å². The van der Waals surface area contributed by atoms with Crippen LogP contribution < -0.4 is 4.72 Å². The van der Waals surface area contributed by atoms with Gasteiger partial charge in [0.05, 0.1) is 12.9 Å². The highest BCUT2D eigenvalue weighted by Crippen LogP contribution is 2.02. The molecule has 0 radical (unpaired) electrons. The zero-order valence-corrected chi connectivity index (χ0v) is 7.53. The van der Waals surface area contributed by atoms with E-state index in [9.17, 15) is 0 Å². The number of allylic oxidation sites excluding steroid dienone is 1. The monoisotopic (exact) mass is 173 g/mol. The molecule has 64 valence electrons. The predicted octanol–water partition coefficient (Wildman–Crippen LogP) is 1.94. The van der Waals surface area contributed by atoms with Crippen LogP contribution in [0.15, 0.2) is 12.3 Å². The molecule has 0 aromatic heterocycles. The average Bonchev–Trinajstić information content (AvgIpc) is 2.64. The van der Waals surface area contributed by atoms with E-state index in [-0.39, 0.29) is 0 Å². The average molecular weight is 173 g/mol. The summed E-state index contributed by atoms with van der Waals surface area (Å²) in [5.74, 6) is 1.31. The van der Waals surface area contributed by atoms with Gasteiger partial charge in [0, 0.05) is 12.3 Å². The summed E-state index contributed by atoms with van der Waals surface area (Å²) in [4.78, 5) is 0. The Balaban J connectivity index is 0.000000112. The smallest absolute Gasteiger partial charge is 0.0876 e. The molecule has 1 fully saturated rings. The molecular formula is C8H15NOS. The van der Waals surface area contributed by atoms with E-state index < -0.39 is 0 Å². The molecule has 0 aliphatic carbocycles. The maximum Gasteiger partial charge on any atom is 0.0876 e. The van der Waals surface area contributed by atoms with Crippen molar-refractivity contribution in [1.29, 1.82) is 0 Å². The van der Waals surface area contributed by atoms with Crippen LogP contribution in [0.25, 0.3) is 0 Å². The summed E-state index contributed by atoms with van der Waals surface area (Å²) in [6, 6.07) is 0. The third kappa shape index (κ3) is 5.16. The maximum absolute atomic E-state index is 4.89. The Morgan fingerprint density at radius 2 is 2.36 bits per heavy atom. The Hall–Kier alpha value is -0.150. The Kier molecular flexibility index (Phi) is 5.33. The third-order valence-corrected chi connectivity index (χ3v) is 2.35. The summed E-state index contributed by atoms with van der Waals surface area (Å²) in [6.07, 6.45) is 7.55. The van der Waals surface area contributed by atoms with Gasteiger partial charge in [-0.2, -0.15) is 0 Å². The van der Waals surface area contributed by atoms with Gasteiger partial charge in [-0.1, -0.05) is 11.9 Å². The molecule has 1 N–H and O–H groups in total. The van der Waals surface area contributed by atoms with E-state index in [0.717, 1.165) is 6.61 Å². The molecule has 0 bridgehead atoms. The van der Waals surface area contributed by atoms with Crippen LogP contribution in [0.4, 0.5) is 0 Å². The fourth-order valence-electron chi connectivity index (χ4n) is 0.849. The van der Waals surface area contributed by atoms with Crippen LogP contribution >= 0.6 is 11.9 Å². The van der Waals surface area contributed by atoms with E-state index in [4.69, 9.17) is 4.74 Å². The fraction of sp³-hybridized carbons (Fsp3) is 0.750. The molecule has 2 rings (SSSR count). The van der Waals surface area contributed by atoms with Crippen LogP contribution in [-0.4, -0.2) is 18.9 Å². The molecule has 0 atom stereocenters. The summed E-state index contributed by atoms with van der Waals surface area (Å²) < 4.78 is 8.03. The Morgan fingerprint density at radius 1 is 1.36 bits per heavy atom. The second-order valence-electron chi connectivity index (χ2n) is 2.48. The van der Waals surface area contributed by atoms with Crippen molar-refractivity contribution in [3.63, 3.8) is 0 Å². The first kappa shape index (κ1) is 8.94. The second-order valence-corrected chi connectivity index (χ2v) is 3.47. The molecule has 0 saturated carbocycles. The van der Waals surface area contributed by atoms with Gasteiger partial charge in [0.1, 0.15) is 0 Å². The maximum atomic E-state index is 4.89. The number of nitrogens with one attached hydrogen (secondary N) is 1. The van der Waals surface area contributed by atoms with Crippen molar-refractivity contribution in [2.24, 2.45) is 0 Å². The van der Waals surface area contributed by atoms with Crippen LogP contribution in [0.3, 0.4) is 0 Å². The first-order chi connectivity index (χ1) is 5.50. The van der Waals surface area contributed by atoms with Gasteiger partial charge in [0.25, 0.3) is 0 Å². The predicted molar refractivity (Wildman–Crippen MR) is 49.4 cm³/mol. The van der Waals surface area contributed by atoms with Crippen LogP contribution in [0.1, 0.15) is 19.3 Å². The number of hydrogen-bond donors (Lipinski definition) is 1. The Labute approximate surface area is 72.5 Å². The molecule has 0 unspecified atom stereocenters. The molecule has 2 aliphatic rings. The van der Waals surface area contributed by atoms with Gasteiger partial charge in [0.15, 0.2) is 0 Å². The van der Waals surface area contributed by atoms with E-state index in [1.807, 2.05) is 18.0 Å².